The summed E-state index contributed by atoms with van der Waals surface area (Å²) in [6.07, 6.45) is 0. The lowest BCUT2D eigenvalue weighted by Crippen LogP contribution is -2.31. The SMILES string of the molecule is Cc1cc(N(Cc2ccccc2)C(C)C)nc(Nc2ccc(N(C)C)cc2)n1. The van der Waals surface area contributed by atoms with Crippen molar-refractivity contribution in [3.05, 3.63) is 71.9 Å². The third-order valence-corrected chi connectivity index (χ3v) is 4.59. The van der Waals surface area contributed by atoms with Gasteiger partial charge in [0.15, 0.2) is 0 Å². The third-order valence-electron chi connectivity index (χ3n) is 4.59. The summed E-state index contributed by atoms with van der Waals surface area (Å²) in [4.78, 5) is 13.7. The molecule has 0 saturated carbocycles. The fraction of sp³-hybridized carbons (Fsp3) is 0.304. The van der Waals surface area contributed by atoms with Crippen molar-refractivity contribution in [2.45, 2.75) is 33.4 Å². The van der Waals surface area contributed by atoms with Crippen molar-refractivity contribution in [1.29, 1.82) is 0 Å². The fourth-order valence-corrected chi connectivity index (χ4v) is 3.04. The summed E-state index contributed by atoms with van der Waals surface area (Å²) in [6.45, 7) is 7.19. The number of aromatic nitrogens is 2. The standard InChI is InChI=1S/C23H29N5/c1-17(2)28(16-19-9-7-6-8-10-19)22-15-18(3)24-23(26-22)25-20-11-13-21(14-12-20)27(4)5/h6-15,17H,16H2,1-5H3,(H,24,25,26). The maximum Gasteiger partial charge on any atom is 0.229 e. The molecule has 0 aliphatic carbocycles. The molecule has 1 N–H and O–H groups in total. The Kier molecular flexibility index (Phi) is 6.14. The van der Waals surface area contributed by atoms with E-state index in [0.717, 1.165) is 29.4 Å². The van der Waals surface area contributed by atoms with Gasteiger partial charge < -0.3 is 15.1 Å². The molecule has 1 heterocycles. The van der Waals surface area contributed by atoms with Crippen LogP contribution >= 0.6 is 0 Å². The van der Waals surface area contributed by atoms with Gasteiger partial charge in [0.1, 0.15) is 5.82 Å². The van der Waals surface area contributed by atoms with Crippen LogP contribution in [0, 0.1) is 6.92 Å². The Hall–Kier alpha value is -3.08. The minimum absolute atomic E-state index is 0.321. The lowest BCUT2D eigenvalue weighted by Gasteiger charge is -2.28. The molecule has 3 rings (SSSR count). The highest BCUT2D eigenvalue weighted by atomic mass is 15.2. The second-order valence-electron chi connectivity index (χ2n) is 7.46. The summed E-state index contributed by atoms with van der Waals surface area (Å²) in [5.74, 6) is 1.55. The first-order chi connectivity index (χ1) is 13.4. The molecule has 0 fully saturated rings. The summed E-state index contributed by atoms with van der Waals surface area (Å²) >= 11 is 0. The highest BCUT2D eigenvalue weighted by Gasteiger charge is 2.15. The predicted molar refractivity (Wildman–Crippen MR) is 119 cm³/mol. The molecule has 0 amide bonds. The number of nitrogens with zero attached hydrogens (tertiary/aromatic N) is 4. The van der Waals surface area contributed by atoms with Gasteiger partial charge in [-0.05, 0) is 50.6 Å². The molecule has 0 radical (unpaired) electrons. The molecule has 3 aromatic rings. The van der Waals surface area contributed by atoms with Gasteiger partial charge in [0, 0.05) is 49.8 Å². The highest BCUT2D eigenvalue weighted by Crippen LogP contribution is 2.23. The van der Waals surface area contributed by atoms with Gasteiger partial charge in [0.05, 0.1) is 0 Å². The average molecular weight is 376 g/mol. The van der Waals surface area contributed by atoms with Crippen LogP contribution in [0.3, 0.4) is 0 Å². The maximum atomic E-state index is 4.80. The molecule has 1 aromatic heterocycles. The van der Waals surface area contributed by atoms with Gasteiger partial charge in [-0.3, -0.25) is 0 Å². The first-order valence-corrected chi connectivity index (χ1v) is 9.63. The van der Waals surface area contributed by atoms with Gasteiger partial charge in [0.2, 0.25) is 5.95 Å². The largest absolute Gasteiger partial charge is 0.378 e. The van der Waals surface area contributed by atoms with Crippen molar-refractivity contribution in [3.8, 4) is 0 Å². The first kappa shape index (κ1) is 19.7. The van der Waals surface area contributed by atoms with Crippen molar-refractivity contribution < 1.29 is 0 Å². The normalized spacial score (nSPS) is 10.8. The molecule has 28 heavy (non-hydrogen) atoms. The quantitative estimate of drug-likeness (QED) is 0.629. The predicted octanol–water partition coefficient (Wildman–Crippen LogP) is 5.01. The van der Waals surface area contributed by atoms with E-state index in [-0.39, 0.29) is 0 Å². The molecule has 0 spiro atoms. The Bertz CT molecular complexity index is 889. The van der Waals surface area contributed by atoms with Gasteiger partial charge in [-0.1, -0.05) is 30.3 Å². The van der Waals surface area contributed by atoms with E-state index in [1.807, 2.05) is 45.3 Å². The van der Waals surface area contributed by atoms with Crippen LogP contribution in [0.1, 0.15) is 25.1 Å². The number of anilines is 4. The Morgan fingerprint density at radius 2 is 1.61 bits per heavy atom. The van der Waals surface area contributed by atoms with Crippen molar-refractivity contribution in [1.82, 2.24) is 9.97 Å². The average Bonchev–Trinajstić information content (AvgIpc) is 2.66. The van der Waals surface area contributed by atoms with Crippen LogP contribution in [0.2, 0.25) is 0 Å². The molecule has 146 valence electrons. The number of hydrogen-bond acceptors (Lipinski definition) is 5. The Labute approximate surface area is 168 Å². The van der Waals surface area contributed by atoms with Crippen LogP contribution in [0.5, 0.6) is 0 Å². The number of benzene rings is 2. The molecule has 2 aromatic carbocycles. The van der Waals surface area contributed by atoms with Crippen molar-refractivity contribution in [3.63, 3.8) is 0 Å². The van der Waals surface area contributed by atoms with E-state index >= 15 is 0 Å². The minimum atomic E-state index is 0.321. The number of rotatable bonds is 7. The molecule has 5 nitrogen and oxygen atoms in total. The van der Waals surface area contributed by atoms with Gasteiger partial charge in [0.25, 0.3) is 0 Å². The second kappa shape index (κ2) is 8.74. The highest BCUT2D eigenvalue weighted by molar-refractivity contribution is 5.60. The molecule has 0 aliphatic rings. The van der Waals surface area contributed by atoms with Crippen LogP contribution in [0.15, 0.2) is 60.7 Å². The Morgan fingerprint density at radius 3 is 2.21 bits per heavy atom. The van der Waals surface area contributed by atoms with Crippen molar-refractivity contribution in [2.24, 2.45) is 0 Å². The third kappa shape index (κ3) is 5.00. The Balaban J connectivity index is 1.84. The van der Waals surface area contributed by atoms with Gasteiger partial charge in [-0.25, -0.2) is 4.98 Å². The fourth-order valence-electron chi connectivity index (χ4n) is 3.04. The zero-order chi connectivity index (χ0) is 20.1. The zero-order valence-electron chi connectivity index (χ0n) is 17.3. The van der Waals surface area contributed by atoms with E-state index < -0.39 is 0 Å². The lowest BCUT2D eigenvalue weighted by molar-refractivity contribution is 0.671. The van der Waals surface area contributed by atoms with Gasteiger partial charge in [-0.2, -0.15) is 4.98 Å². The number of aryl methyl sites for hydroxylation is 1. The van der Waals surface area contributed by atoms with Crippen LogP contribution in [-0.2, 0) is 6.54 Å². The van der Waals surface area contributed by atoms with Crippen LogP contribution in [0.4, 0.5) is 23.1 Å². The monoisotopic (exact) mass is 375 g/mol. The Morgan fingerprint density at radius 1 is 0.929 bits per heavy atom. The molecule has 0 aliphatic heterocycles. The summed E-state index contributed by atoms with van der Waals surface area (Å²) in [5.41, 5.74) is 4.34. The minimum Gasteiger partial charge on any atom is -0.378 e. The van der Waals surface area contributed by atoms with E-state index in [4.69, 9.17) is 4.98 Å². The summed E-state index contributed by atoms with van der Waals surface area (Å²) in [5, 5.41) is 3.34. The lowest BCUT2D eigenvalue weighted by atomic mass is 10.2. The number of hydrogen-bond donors (Lipinski definition) is 1. The van der Waals surface area contributed by atoms with E-state index in [9.17, 15) is 0 Å². The van der Waals surface area contributed by atoms with Crippen LogP contribution in [0.25, 0.3) is 0 Å². The first-order valence-electron chi connectivity index (χ1n) is 9.63. The molecular formula is C23H29N5. The van der Waals surface area contributed by atoms with Crippen molar-refractivity contribution >= 4 is 23.1 Å². The summed E-state index contributed by atoms with van der Waals surface area (Å²) < 4.78 is 0. The van der Waals surface area contributed by atoms with Crippen LogP contribution < -0.4 is 15.1 Å². The van der Waals surface area contributed by atoms with Crippen LogP contribution in [-0.4, -0.2) is 30.1 Å². The summed E-state index contributed by atoms with van der Waals surface area (Å²) in [7, 11) is 4.07. The molecular weight excluding hydrogens is 346 g/mol. The smallest absolute Gasteiger partial charge is 0.229 e. The van der Waals surface area contributed by atoms with E-state index in [1.54, 1.807) is 0 Å². The van der Waals surface area contributed by atoms with E-state index in [2.05, 4.69) is 70.3 Å². The summed E-state index contributed by atoms with van der Waals surface area (Å²) in [6, 6.07) is 21.1. The van der Waals surface area contributed by atoms with Gasteiger partial charge in [-0.15, -0.1) is 0 Å². The van der Waals surface area contributed by atoms with E-state index in [1.165, 1.54) is 5.56 Å². The van der Waals surface area contributed by atoms with Crippen molar-refractivity contribution in [2.75, 3.05) is 29.2 Å². The number of nitrogens with one attached hydrogen (secondary N) is 1. The van der Waals surface area contributed by atoms with E-state index in [0.29, 0.717) is 12.0 Å². The molecule has 0 unspecified atom stereocenters. The molecule has 0 saturated heterocycles. The second-order valence-corrected chi connectivity index (χ2v) is 7.46. The zero-order valence-corrected chi connectivity index (χ0v) is 17.3. The molecule has 5 heteroatoms. The molecule has 0 atom stereocenters. The topological polar surface area (TPSA) is 44.3 Å². The maximum absolute atomic E-state index is 4.80. The molecule has 0 bridgehead atoms. The van der Waals surface area contributed by atoms with Gasteiger partial charge >= 0.3 is 0 Å².